The minimum Gasteiger partial charge on any atom is -0.510 e. The molecule has 1 aliphatic carbocycles. The highest BCUT2D eigenvalue weighted by Gasteiger charge is 2.54. The number of benzene rings is 2. The number of hydrogen-bond donors (Lipinski definition) is 1. The molecule has 1 N–H and O–H groups in total. The third-order valence-corrected chi connectivity index (χ3v) is 7.47. The molecule has 6 nitrogen and oxygen atoms in total. The molecule has 5 rings (SSSR count). The summed E-state index contributed by atoms with van der Waals surface area (Å²) in [4.78, 5) is 14.6. The summed E-state index contributed by atoms with van der Waals surface area (Å²) >= 11 is 0. The Morgan fingerprint density at radius 2 is 1.65 bits per heavy atom. The second-order valence-corrected chi connectivity index (χ2v) is 9.60. The molecule has 3 aliphatic rings. The summed E-state index contributed by atoms with van der Waals surface area (Å²) in [6.07, 6.45) is -0.483. The zero-order valence-corrected chi connectivity index (χ0v) is 20.8. The number of ether oxygens (including phenoxy) is 1. The zero-order valence-electron chi connectivity index (χ0n) is 20.8. The molecule has 0 radical (unpaired) electrons. The van der Waals surface area contributed by atoms with Crippen molar-refractivity contribution < 1.29 is 27.8 Å². The molecule has 0 spiro atoms. The van der Waals surface area contributed by atoms with Crippen LogP contribution in [-0.4, -0.2) is 58.0 Å². The maximum Gasteiger partial charge on any atom is 0.408 e. The van der Waals surface area contributed by atoms with E-state index in [0.717, 1.165) is 46.9 Å². The number of carbonyl (C=O) groups excluding carboxylic acids is 1. The van der Waals surface area contributed by atoms with E-state index in [1.54, 1.807) is 17.3 Å². The molecular weight excluding hydrogens is 483 g/mol. The van der Waals surface area contributed by atoms with Gasteiger partial charge in [-0.2, -0.15) is 18.2 Å². The van der Waals surface area contributed by atoms with Crippen LogP contribution in [0.3, 0.4) is 0 Å². The molecule has 2 aliphatic heterocycles. The molecule has 196 valence electrons. The van der Waals surface area contributed by atoms with Crippen LogP contribution in [0, 0.1) is 0 Å². The van der Waals surface area contributed by atoms with Gasteiger partial charge in [-0.15, -0.1) is 0 Å². The van der Waals surface area contributed by atoms with E-state index < -0.39 is 30.3 Å². The number of hydrogen-bond acceptors (Lipinski definition) is 5. The number of allylic oxidation sites excluding steroid dienone is 1. The van der Waals surface area contributed by atoms with Crippen molar-refractivity contribution in [1.29, 1.82) is 0 Å². The number of rotatable bonds is 5. The minimum absolute atomic E-state index is 0.0697. The van der Waals surface area contributed by atoms with Gasteiger partial charge in [0.1, 0.15) is 18.0 Å². The van der Waals surface area contributed by atoms with E-state index in [4.69, 9.17) is 4.74 Å². The summed E-state index contributed by atoms with van der Waals surface area (Å²) in [5.41, 5.74) is 3.96. The lowest BCUT2D eigenvalue weighted by Gasteiger charge is -2.55. The first-order valence-corrected chi connectivity index (χ1v) is 12.4. The monoisotopic (exact) mass is 513 g/mol. The number of aryl methyl sites for hydroxylation is 2. The van der Waals surface area contributed by atoms with Gasteiger partial charge in [0.05, 0.1) is 6.04 Å². The molecule has 0 unspecified atom stereocenters. The number of nitrogens with zero attached hydrogens (tertiary/aromatic N) is 3. The standard InChI is InChI=1S/C28H30F3N3O3/c1-18(28(29,30)31)33-24(15-17-37-2)34(32-16-7-12-23(35)26(32)27(33)36)25-21-10-5-3-8-19(21)13-14-20-9-4-6-11-22(20)25/h3-11,16,18,24-25,35H,12-15,17H2,1-2H3/t18-,24+/m0/s1. The van der Waals surface area contributed by atoms with Gasteiger partial charge in [0.2, 0.25) is 0 Å². The maximum absolute atomic E-state index is 14.2. The van der Waals surface area contributed by atoms with Gasteiger partial charge in [0, 0.05) is 32.8 Å². The molecule has 0 saturated carbocycles. The number of aliphatic hydroxyl groups excluding tert-OH is 1. The molecular formula is C28H30F3N3O3. The molecule has 2 atom stereocenters. The van der Waals surface area contributed by atoms with E-state index in [0.29, 0.717) is 0 Å². The topological polar surface area (TPSA) is 56.2 Å². The summed E-state index contributed by atoms with van der Waals surface area (Å²) in [6, 6.07) is 13.3. The second-order valence-electron chi connectivity index (χ2n) is 9.60. The fraction of sp³-hybridized carbons (Fsp3) is 0.393. The van der Waals surface area contributed by atoms with Crippen molar-refractivity contribution in [2.24, 2.45) is 0 Å². The maximum atomic E-state index is 14.2. The largest absolute Gasteiger partial charge is 0.510 e. The Morgan fingerprint density at radius 1 is 1.05 bits per heavy atom. The second kappa shape index (κ2) is 9.87. The van der Waals surface area contributed by atoms with E-state index in [2.05, 4.69) is 0 Å². The molecule has 2 aromatic carbocycles. The lowest BCUT2D eigenvalue weighted by molar-refractivity contribution is -0.222. The minimum atomic E-state index is -4.66. The Labute approximate surface area is 214 Å². The van der Waals surface area contributed by atoms with Crippen LogP contribution >= 0.6 is 0 Å². The van der Waals surface area contributed by atoms with Crippen LogP contribution in [0.5, 0.6) is 0 Å². The molecule has 1 saturated heterocycles. The Bertz CT molecular complexity index is 1190. The Kier molecular flexibility index (Phi) is 6.76. The van der Waals surface area contributed by atoms with Crippen LogP contribution < -0.4 is 0 Å². The quantitative estimate of drug-likeness (QED) is 0.593. The van der Waals surface area contributed by atoms with Gasteiger partial charge in [-0.05, 0) is 42.0 Å². The molecule has 2 heterocycles. The number of hydrazine groups is 1. The predicted molar refractivity (Wildman–Crippen MR) is 132 cm³/mol. The molecule has 37 heavy (non-hydrogen) atoms. The zero-order chi connectivity index (χ0) is 26.3. The third kappa shape index (κ3) is 4.40. The molecule has 9 heteroatoms. The van der Waals surface area contributed by atoms with Crippen molar-refractivity contribution in [1.82, 2.24) is 14.9 Å². The highest BCUT2D eigenvalue weighted by molar-refractivity contribution is 5.95. The number of fused-ring (bicyclic) bond motifs is 3. The van der Waals surface area contributed by atoms with Crippen LogP contribution in [-0.2, 0) is 22.4 Å². The normalized spacial score (nSPS) is 21.4. The SMILES string of the molecule is COCC[C@@H]1N([C@@H](C)C(F)(F)F)C(=O)C2=C(O)CC=CN2N1C1c2ccccc2CCc2ccccc21. The van der Waals surface area contributed by atoms with E-state index >= 15 is 0 Å². The first kappa shape index (κ1) is 25.4. The van der Waals surface area contributed by atoms with Gasteiger partial charge in [-0.3, -0.25) is 9.80 Å². The van der Waals surface area contributed by atoms with Crippen LogP contribution in [0.15, 0.2) is 72.3 Å². The number of halogens is 3. The van der Waals surface area contributed by atoms with Crippen molar-refractivity contribution in [2.45, 2.75) is 57.0 Å². The Hall–Kier alpha value is -3.30. The van der Waals surface area contributed by atoms with Crippen LogP contribution in [0.4, 0.5) is 13.2 Å². The number of carbonyl (C=O) groups is 1. The predicted octanol–water partition coefficient (Wildman–Crippen LogP) is 5.24. The van der Waals surface area contributed by atoms with Gasteiger partial charge in [0.15, 0.2) is 5.70 Å². The van der Waals surface area contributed by atoms with E-state index in [9.17, 15) is 23.1 Å². The first-order valence-electron chi connectivity index (χ1n) is 12.4. The third-order valence-electron chi connectivity index (χ3n) is 7.47. The van der Waals surface area contributed by atoms with Gasteiger partial charge in [-0.25, -0.2) is 0 Å². The first-order chi connectivity index (χ1) is 17.7. The molecule has 1 amide bonds. The van der Waals surface area contributed by atoms with E-state index in [1.165, 1.54) is 7.11 Å². The fourth-order valence-electron chi connectivity index (χ4n) is 5.67. The number of aliphatic hydroxyl groups is 1. The van der Waals surface area contributed by atoms with Crippen molar-refractivity contribution in [2.75, 3.05) is 13.7 Å². The molecule has 1 fully saturated rings. The Morgan fingerprint density at radius 3 is 2.22 bits per heavy atom. The van der Waals surface area contributed by atoms with Crippen LogP contribution in [0.25, 0.3) is 0 Å². The number of alkyl halides is 3. The number of methoxy groups -OCH3 is 1. The summed E-state index contributed by atoms with van der Waals surface area (Å²) in [6.45, 7) is 1.14. The van der Waals surface area contributed by atoms with E-state index in [-0.39, 0.29) is 30.9 Å². The lowest BCUT2D eigenvalue weighted by atomic mass is 9.92. The summed E-state index contributed by atoms with van der Waals surface area (Å²) in [5.74, 6) is -1.10. The smallest absolute Gasteiger partial charge is 0.408 e. The van der Waals surface area contributed by atoms with Crippen LogP contribution in [0.2, 0.25) is 0 Å². The molecule has 0 aromatic heterocycles. The van der Waals surface area contributed by atoms with Gasteiger partial charge < -0.3 is 14.7 Å². The van der Waals surface area contributed by atoms with Gasteiger partial charge in [-0.1, -0.05) is 54.6 Å². The van der Waals surface area contributed by atoms with Crippen LogP contribution in [0.1, 0.15) is 48.1 Å². The summed E-state index contributed by atoms with van der Waals surface area (Å²) in [7, 11) is 1.49. The highest BCUT2D eigenvalue weighted by Crippen LogP contribution is 2.45. The van der Waals surface area contributed by atoms with Gasteiger partial charge in [0.25, 0.3) is 5.91 Å². The van der Waals surface area contributed by atoms with Crippen molar-refractivity contribution in [3.05, 3.63) is 94.5 Å². The van der Waals surface area contributed by atoms with Crippen molar-refractivity contribution in [3.8, 4) is 0 Å². The van der Waals surface area contributed by atoms with Gasteiger partial charge >= 0.3 is 6.18 Å². The summed E-state index contributed by atoms with van der Waals surface area (Å²) < 4.78 is 47.9. The van der Waals surface area contributed by atoms with Crippen molar-refractivity contribution in [3.63, 3.8) is 0 Å². The fourth-order valence-corrected chi connectivity index (χ4v) is 5.67. The number of amides is 1. The Balaban J connectivity index is 1.78. The molecule has 0 bridgehead atoms. The average molecular weight is 514 g/mol. The van der Waals surface area contributed by atoms with E-state index in [1.807, 2.05) is 53.5 Å². The summed E-state index contributed by atoms with van der Waals surface area (Å²) in [5, 5.41) is 14.2. The van der Waals surface area contributed by atoms with Crippen molar-refractivity contribution >= 4 is 5.91 Å². The average Bonchev–Trinajstić information content (AvgIpc) is 3.04. The lowest BCUT2D eigenvalue weighted by Crippen LogP contribution is -2.68. The highest BCUT2D eigenvalue weighted by atomic mass is 19.4. The molecule has 2 aromatic rings.